The van der Waals surface area contributed by atoms with E-state index in [-0.39, 0.29) is 17.9 Å². The molecule has 0 saturated heterocycles. The minimum absolute atomic E-state index is 0.0938. The van der Waals surface area contributed by atoms with E-state index in [1.165, 1.54) is 6.42 Å². The second-order valence-corrected chi connectivity index (χ2v) is 5.17. The fourth-order valence-electron chi connectivity index (χ4n) is 2.52. The molecule has 4 heteroatoms. The second kappa shape index (κ2) is 6.37. The molecule has 100 valence electrons. The van der Waals surface area contributed by atoms with Gasteiger partial charge in [-0.2, -0.15) is 0 Å². The molecule has 1 aliphatic rings. The molecule has 1 aliphatic carbocycles. The molecular formula is C14H19ClFNO. The molecule has 0 radical (unpaired) electrons. The van der Waals surface area contributed by atoms with E-state index in [1.54, 1.807) is 12.3 Å². The molecule has 0 spiro atoms. The van der Waals surface area contributed by atoms with E-state index in [9.17, 15) is 4.39 Å². The predicted octanol–water partition coefficient (Wildman–Crippen LogP) is 4.31. The quantitative estimate of drug-likeness (QED) is 0.762. The monoisotopic (exact) mass is 271 g/mol. The van der Waals surface area contributed by atoms with Gasteiger partial charge in [-0.3, -0.25) is 0 Å². The molecular weight excluding hydrogens is 253 g/mol. The zero-order valence-corrected chi connectivity index (χ0v) is 11.4. The number of hydrogen-bond donors (Lipinski definition) is 0. The third-order valence-electron chi connectivity index (χ3n) is 3.67. The van der Waals surface area contributed by atoms with Crippen LogP contribution in [-0.2, 0) is 5.88 Å². The zero-order chi connectivity index (χ0) is 13.0. The van der Waals surface area contributed by atoms with Crippen molar-refractivity contribution in [1.29, 1.82) is 0 Å². The molecule has 18 heavy (non-hydrogen) atoms. The van der Waals surface area contributed by atoms with Gasteiger partial charge in [0.05, 0.1) is 5.88 Å². The standard InChI is InChI=1S/C14H19ClFNO/c1-2-10-4-3-5-12(8-10)18-14-13(16)11(9-15)6-7-17-14/h6-7,10,12H,2-5,8-9H2,1H3. The molecule has 0 amide bonds. The maximum Gasteiger partial charge on any atom is 0.250 e. The van der Waals surface area contributed by atoms with Gasteiger partial charge >= 0.3 is 0 Å². The smallest absolute Gasteiger partial charge is 0.250 e. The molecule has 1 saturated carbocycles. The summed E-state index contributed by atoms with van der Waals surface area (Å²) >= 11 is 5.67. The van der Waals surface area contributed by atoms with Crippen molar-refractivity contribution in [1.82, 2.24) is 4.98 Å². The van der Waals surface area contributed by atoms with Crippen LogP contribution >= 0.6 is 11.6 Å². The summed E-state index contributed by atoms with van der Waals surface area (Å²) < 4.78 is 19.7. The fourth-order valence-corrected chi connectivity index (χ4v) is 2.73. The largest absolute Gasteiger partial charge is 0.472 e. The first-order valence-electron chi connectivity index (χ1n) is 6.60. The van der Waals surface area contributed by atoms with E-state index in [2.05, 4.69) is 11.9 Å². The van der Waals surface area contributed by atoms with Crippen LogP contribution in [0.5, 0.6) is 5.88 Å². The van der Waals surface area contributed by atoms with Crippen LogP contribution in [0.15, 0.2) is 12.3 Å². The van der Waals surface area contributed by atoms with Crippen LogP contribution in [0, 0.1) is 11.7 Å². The van der Waals surface area contributed by atoms with E-state index in [4.69, 9.17) is 16.3 Å². The normalized spacial score (nSPS) is 23.9. The third-order valence-corrected chi connectivity index (χ3v) is 3.96. The SMILES string of the molecule is CCC1CCCC(Oc2nccc(CCl)c2F)C1. The summed E-state index contributed by atoms with van der Waals surface area (Å²) in [6.45, 7) is 2.19. The Morgan fingerprint density at radius 2 is 2.33 bits per heavy atom. The van der Waals surface area contributed by atoms with Crippen LogP contribution in [0.1, 0.15) is 44.6 Å². The fraction of sp³-hybridized carbons (Fsp3) is 0.643. The maximum absolute atomic E-state index is 13.9. The lowest BCUT2D eigenvalue weighted by molar-refractivity contribution is 0.112. The topological polar surface area (TPSA) is 22.1 Å². The second-order valence-electron chi connectivity index (χ2n) is 4.90. The van der Waals surface area contributed by atoms with Gasteiger partial charge in [0.1, 0.15) is 6.10 Å². The van der Waals surface area contributed by atoms with Crippen molar-refractivity contribution in [2.45, 2.75) is 51.0 Å². The van der Waals surface area contributed by atoms with Gasteiger partial charge in [0.2, 0.25) is 0 Å². The number of nitrogens with zero attached hydrogens (tertiary/aromatic N) is 1. The third kappa shape index (κ3) is 3.14. The summed E-state index contributed by atoms with van der Waals surface area (Å²) in [7, 11) is 0. The van der Waals surface area contributed by atoms with Crippen molar-refractivity contribution in [3.63, 3.8) is 0 Å². The van der Waals surface area contributed by atoms with Gasteiger partial charge in [-0.05, 0) is 31.2 Å². The van der Waals surface area contributed by atoms with E-state index < -0.39 is 5.82 Å². The first-order valence-corrected chi connectivity index (χ1v) is 7.14. The molecule has 1 fully saturated rings. The van der Waals surface area contributed by atoms with Crippen LogP contribution in [0.25, 0.3) is 0 Å². The zero-order valence-electron chi connectivity index (χ0n) is 10.7. The summed E-state index contributed by atoms with van der Waals surface area (Å²) in [5, 5.41) is 0. The predicted molar refractivity (Wildman–Crippen MR) is 70.4 cm³/mol. The van der Waals surface area contributed by atoms with Crippen LogP contribution < -0.4 is 4.74 Å². The van der Waals surface area contributed by atoms with Crippen molar-refractivity contribution in [2.24, 2.45) is 5.92 Å². The van der Waals surface area contributed by atoms with E-state index >= 15 is 0 Å². The number of hydrogen-bond acceptors (Lipinski definition) is 2. The molecule has 0 bridgehead atoms. The van der Waals surface area contributed by atoms with Crippen molar-refractivity contribution < 1.29 is 9.13 Å². The Hall–Kier alpha value is -0.830. The summed E-state index contributed by atoms with van der Waals surface area (Å²) in [5.74, 6) is 0.538. The summed E-state index contributed by atoms with van der Waals surface area (Å²) in [4.78, 5) is 3.98. The van der Waals surface area contributed by atoms with E-state index in [0.29, 0.717) is 11.5 Å². The van der Waals surface area contributed by atoms with Crippen molar-refractivity contribution in [2.75, 3.05) is 0 Å². The van der Waals surface area contributed by atoms with E-state index in [0.717, 1.165) is 25.7 Å². The van der Waals surface area contributed by atoms with Crippen LogP contribution in [0.4, 0.5) is 4.39 Å². The summed E-state index contributed by atoms with van der Waals surface area (Å²) in [6, 6.07) is 1.59. The molecule has 2 atom stereocenters. The first-order chi connectivity index (χ1) is 8.74. The van der Waals surface area contributed by atoms with Crippen LogP contribution in [-0.4, -0.2) is 11.1 Å². The van der Waals surface area contributed by atoms with Gasteiger partial charge in [-0.25, -0.2) is 9.37 Å². The number of ether oxygens (including phenoxy) is 1. The summed E-state index contributed by atoms with van der Waals surface area (Å²) in [6.07, 6.45) is 7.21. The van der Waals surface area contributed by atoms with Crippen LogP contribution in [0.3, 0.4) is 0 Å². The molecule has 2 unspecified atom stereocenters. The maximum atomic E-state index is 13.9. The Labute approximate surface area is 113 Å². The number of aromatic nitrogens is 1. The first kappa shape index (κ1) is 13.6. The van der Waals surface area contributed by atoms with Crippen LogP contribution in [0.2, 0.25) is 0 Å². The molecule has 2 nitrogen and oxygen atoms in total. The molecule has 1 aromatic rings. The highest BCUT2D eigenvalue weighted by atomic mass is 35.5. The Morgan fingerprint density at radius 1 is 1.50 bits per heavy atom. The van der Waals surface area contributed by atoms with E-state index in [1.807, 2.05) is 0 Å². The molecule has 0 N–H and O–H groups in total. The number of pyridine rings is 1. The minimum Gasteiger partial charge on any atom is -0.472 e. The lowest BCUT2D eigenvalue weighted by Crippen LogP contribution is -2.26. The average Bonchev–Trinajstić information content (AvgIpc) is 2.41. The lowest BCUT2D eigenvalue weighted by Gasteiger charge is -2.28. The number of rotatable bonds is 4. The Bertz CT molecular complexity index is 399. The Morgan fingerprint density at radius 3 is 3.06 bits per heavy atom. The molecule has 1 heterocycles. The average molecular weight is 272 g/mol. The van der Waals surface area contributed by atoms with Crippen molar-refractivity contribution in [3.05, 3.63) is 23.6 Å². The van der Waals surface area contributed by atoms with Gasteiger partial charge in [0.15, 0.2) is 5.82 Å². The van der Waals surface area contributed by atoms with Gasteiger partial charge in [-0.15, -0.1) is 11.6 Å². The molecule has 2 rings (SSSR count). The summed E-state index contributed by atoms with van der Waals surface area (Å²) in [5.41, 5.74) is 0.449. The van der Waals surface area contributed by atoms with Gasteiger partial charge in [0, 0.05) is 11.8 Å². The van der Waals surface area contributed by atoms with Gasteiger partial charge < -0.3 is 4.74 Å². The molecule has 0 aromatic carbocycles. The molecule has 0 aliphatic heterocycles. The van der Waals surface area contributed by atoms with Gasteiger partial charge in [0.25, 0.3) is 5.88 Å². The van der Waals surface area contributed by atoms with Crippen molar-refractivity contribution >= 4 is 11.6 Å². The van der Waals surface area contributed by atoms with Gasteiger partial charge in [-0.1, -0.05) is 19.8 Å². The Kier molecular flexibility index (Phi) is 4.81. The minimum atomic E-state index is -0.411. The highest BCUT2D eigenvalue weighted by Crippen LogP contribution is 2.30. The number of halogens is 2. The lowest BCUT2D eigenvalue weighted by atomic mass is 9.85. The highest BCUT2D eigenvalue weighted by Gasteiger charge is 2.23. The number of alkyl halides is 1. The highest BCUT2D eigenvalue weighted by molar-refractivity contribution is 6.17. The Balaban J connectivity index is 2.04. The van der Waals surface area contributed by atoms with Crippen molar-refractivity contribution in [3.8, 4) is 5.88 Å². The molecule has 1 aromatic heterocycles.